The molecule has 2 aromatic carbocycles. The van der Waals surface area contributed by atoms with Gasteiger partial charge >= 0.3 is 0 Å². The van der Waals surface area contributed by atoms with Crippen LogP contribution in [0.15, 0.2) is 53.2 Å². The van der Waals surface area contributed by atoms with Crippen LogP contribution >= 0.6 is 22.9 Å². The summed E-state index contributed by atoms with van der Waals surface area (Å²) in [5, 5.41) is 11.9. The molecule has 2 heterocycles. The van der Waals surface area contributed by atoms with Crippen LogP contribution < -0.4 is 10.1 Å². The fourth-order valence-electron chi connectivity index (χ4n) is 3.95. The largest absolute Gasteiger partial charge is 0.490 e. The van der Waals surface area contributed by atoms with Crippen molar-refractivity contribution in [1.82, 2.24) is 14.6 Å². The van der Waals surface area contributed by atoms with Gasteiger partial charge in [0.15, 0.2) is 16.7 Å². The molecule has 32 heavy (non-hydrogen) atoms. The average Bonchev–Trinajstić information content (AvgIpc) is 3.52. The first-order chi connectivity index (χ1) is 15.7. The predicted octanol–water partition coefficient (Wildman–Crippen LogP) is 7.17. The molecule has 5 nitrogen and oxygen atoms in total. The quantitative estimate of drug-likeness (QED) is 0.313. The molecule has 0 aliphatic heterocycles. The zero-order valence-corrected chi connectivity index (χ0v) is 19.1. The van der Waals surface area contributed by atoms with E-state index in [2.05, 4.69) is 19.9 Å². The molecule has 1 N–H and O–H groups in total. The number of thiazole rings is 1. The second-order valence-corrected chi connectivity index (χ2v) is 9.46. The van der Waals surface area contributed by atoms with Gasteiger partial charge in [0, 0.05) is 33.6 Å². The molecular weight excluding hydrogens is 443 g/mol. The zero-order valence-electron chi connectivity index (χ0n) is 17.5. The van der Waals surface area contributed by atoms with Crippen molar-refractivity contribution in [1.29, 1.82) is 0 Å². The van der Waals surface area contributed by atoms with Crippen molar-refractivity contribution in [3.05, 3.63) is 59.0 Å². The standard InChI is InChI=1S/C24H23FN4OS2/c25-20-12-19(10-11-23(20)30-13-16-4-2-1-3-5-16)26-24-27-21(14-31-24)17-6-8-18(9-7-17)22-15-32-29-28-22/h6-12,14-16H,1-5,13H2,(H,26,27). The lowest BCUT2D eigenvalue weighted by Gasteiger charge is -2.21. The molecule has 0 unspecified atom stereocenters. The third kappa shape index (κ3) is 4.97. The molecule has 164 valence electrons. The van der Waals surface area contributed by atoms with Gasteiger partial charge in [0.05, 0.1) is 12.3 Å². The first kappa shape index (κ1) is 21.0. The number of hydrogen-bond donors (Lipinski definition) is 1. The Kier molecular flexibility index (Phi) is 6.41. The van der Waals surface area contributed by atoms with Gasteiger partial charge in [-0.1, -0.05) is 48.0 Å². The molecule has 0 bridgehead atoms. The highest BCUT2D eigenvalue weighted by Gasteiger charge is 2.15. The van der Waals surface area contributed by atoms with E-state index >= 15 is 0 Å². The number of benzene rings is 2. The summed E-state index contributed by atoms with van der Waals surface area (Å²) in [6, 6.07) is 13.1. The van der Waals surface area contributed by atoms with Gasteiger partial charge in [-0.2, -0.15) is 0 Å². The molecule has 1 saturated carbocycles. The molecule has 0 atom stereocenters. The minimum Gasteiger partial charge on any atom is -0.490 e. The Morgan fingerprint density at radius 3 is 2.47 bits per heavy atom. The Bertz CT molecular complexity index is 1160. The minimum atomic E-state index is -0.352. The van der Waals surface area contributed by atoms with Crippen LogP contribution in [0.5, 0.6) is 5.75 Å². The van der Waals surface area contributed by atoms with Crippen LogP contribution in [0.3, 0.4) is 0 Å². The van der Waals surface area contributed by atoms with Gasteiger partial charge < -0.3 is 10.1 Å². The summed E-state index contributed by atoms with van der Waals surface area (Å²) in [6.45, 7) is 0.595. The number of rotatable bonds is 7. The lowest BCUT2D eigenvalue weighted by molar-refractivity contribution is 0.202. The van der Waals surface area contributed by atoms with Crippen molar-refractivity contribution in [2.75, 3.05) is 11.9 Å². The van der Waals surface area contributed by atoms with Crippen molar-refractivity contribution in [2.24, 2.45) is 5.92 Å². The maximum Gasteiger partial charge on any atom is 0.187 e. The number of halogens is 1. The van der Waals surface area contributed by atoms with E-state index in [1.165, 1.54) is 61.0 Å². The van der Waals surface area contributed by atoms with Crippen LogP contribution in [0.25, 0.3) is 22.5 Å². The van der Waals surface area contributed by atoms with Crippen LogP contribution in [-0.4, -0.2) is 21.2 Å². The first-order valence-electron chi connectivity index (χ1n) is 10.8. The molecule has 0 amide bonds. The maximum atomic E-state index is 14.5. The van der Waals surface area contributed by atoms with Crippen LogP contribution in [0, 0.1) is 11.7 Å². The summed E-state index contributed by atoms with van der Waals surface area (Å²) in [5.41, 5.74) is 4.43. The average molecular weight is 467 g/mol. The molecule has 1 aliphatic rings. The highest BCUT2D eigenvalue weighted by Crippen LogP contribution is 2.31. The monoisotopic (exact) mass is 466 g/mol. The fourth-order valence-corrected chi connectivity index (χ4v) is 5.15. The number of hydrogen-bond acceptors (Lipinski definition) is 7. The Morgan fingerprint density at radius 2 is 1.75 bits per heavy atom. The zero-order chi connectivity index (χ0) is 21.8. The van der Waals surface area contributed by atoms with E-state index in [0.717, 1.165) is 22.5 Å². The summed E-state index contributed by atoms with van der Waals surface area (Å²) in [4.78, 5) is 4.65. The predicted molar refractivity (Wildman–Crippen MR) is 128 cm³/mol. The summed E-state index contributed by atoms with van der Waals surface area (Å²) >= 11 is 2.82. The molecule has 1 fully saturated rings. The van der Waals surface area contributed by atoms with E-state index < -0.39 is 0 Å². The van der Waals surface area contributed by atoms with E-state index in [0.29, 0.717) is 29.1 Å². The fraction of sp³-hybridized carbons (Fsp3) is 0.292. The molecule has 5 rings (SSSR count). The van der Waals surface area contributed by atoms with Crippen molar-refractivity contribution >= 4 is 33.7 Å². The van der Waals surface area contributed by atoms with Crippen molar-refractivity contribution in [3.8, 4) is 28.3 Å². The summed E-state index contributed by atoms with van der Waals surface area (Å²) in [5.74, 6) is 0.507. The lowest BCUT2D eigenvalue weighted by atomic mass is 9.90. The van der Waals surface area contributed by atoms with Gasteiger partial charge in [0.2, 0.25) is 0 Å². The number of nitrogens with one attached hydrogen (secondary N) is 1. The van der Waals surface area contributed by atoms with E-state index in [4.69, 9.17) is 4.74 Å². The second kappa shape index (κ2) is 9.75. The van der Waals surface area contributed by atoms with Gasteiger partial charge in [-0.25, -0.2) is 9.37 Å². The molecule has 0 saturated heterocycles. The Balaban J connectivity index is 1.22. The Morgan fingerprint density at radius 1 is 0.969 bits per heavy atom. The minimum absolute atomic E-state index is 0.316. The molecule has 4 aromatic rings. The normalized spacial score (nSPS) is 14.4. The van der Waals surface area contributed by atoms with Crippen LogP contribution in [0.4, 0.5) is 15.2 Å². The molecule has 8 heteroatoms. The maximum absolute atomic E-state index is 14.5. The van der Waals surface area contributed by atoms with E-state index in [1.807, 2.05) is 41.1 Å². The third-order valence-corrected chi connectivity index (χ3v) is 6.99. The summed E-state index contributed by atoms with van der Waals surface area (Å²) in [7, 11) is 0. The van der Waals surface area contributed by atoms with Crippen molar-refractivity contribution < 1.29 is 9.13 Å². The van der Waals surface area contributed by atoms with Gasteiger partial charge in [-0.3, -0.25) is 0 Å². The first-order valence-corrected chi connectivity index (χ1v) is 12.5. The second-order valence-electron chi connectivity index (χ2n) is 7.99. The van der Waals surface area contributed by atoms with Gasteiger partial charge in [0.25, 0.3) is 0 Å². The van der Waals surface area contributed by atoms with Crippen LogP contribution in [0.2, 0.25) is 0 Å². The van der Waals surface area contributed by atoms with Crippen molar-refractivity contribution in [3.63, 3.8) is 0 Å². The van der Waals surface area contributed by atoms with Crippen LogP contribution in [-0.2, 0) is 0 Å². The number of anilines is 2. The lowest BCUT2D eigenvalue weighted by Crippen LogP contribution is -2.15. The molecule has 0 radical (unpaired) electrons. The highest BCUT2D eigenvalue weighted by molar-refractivity contribution is 7.14. The Labute approximate surface area is 194 Å². The topological polar surface area (TPSA) is 59.9 Å². The third-order valence-electron chi connectivity index (χ3n) is 5.72. The van der Waals surface area contributed by atoms with Crippen molar-refractivity contribution in [2.45, 2.75) is 32.1 Å². The van der Waals surface area contributed by atoms with Gasteiger partial charge in [0.1, 0.15) is 5.69 Å². The highest BCUT2D eigenvalue weighted by atomic mass is 32.1. The van der Waals surface area contributed by atoms with E-state index in [9.17, 15) is 4.39 Å². The van der Waals surface area contributed by atoms with Gasteiger partial charge in [-0.15, -0.1) is 16.4 Å². The summed E-state index contributed by atoms with van der Waals surface area (Å²) < 4.78 is 24.2. The van der Waals surface area contributed by atoms with Gasteiger partial charge in [-0.05, 0) is 42.4 Å². The number of nitrogens with zero attached hydrogens (tertiary/aromatic N) is 3. The SMILES string of the molecule is Fc1cc(Nc2nc(-c3ccc(-c4csnn4)cc3)cs2)ccc1OCC1CCCCC1. The smallest absolute Gasteiger partial charge is 0.187 e. The molecular formula is C24H23FN4OS2. The molecule has 1 aliphatic carbocycles. The summed E-state index contributed by atoms with van der Waals surface area (Å²) in [6.07, 6.45) is 6.17. The van der Waals surface area contributed by atoms with E-state index in [1.54, 1.807) is 6.07 Å². The molecule has 2 aromatic heterocycles. The molecule has 0 spiro atoms. The van der Waals surface area contributed by atoms with Crippen LogP contribution in [0.1, 0.15) is 32.1 Å². The number of ether oxygens (including phenoxy) is 1. The number of aromatic nitrogens is 3. The van der Waals surface area contributed by atoms with E-state index in [-0.39, 0.29) is 5.82 Å². The Hall–Kier alpha value is -2.84.